The number of aromatic nitrogens is 1. The zero-order valence-corrected chi connectivity index (χ0v) is 9.90. The lowest BCUT2D eigenvalue weighted by atomic mass is 10.1. The molecular formula is C15H10F2N2. The highest BCUT2D eigenvalue weighted by Gasteiger charge is 2.02. The highest BCUT2D eigenvalue weighted by atomic mass is 19.1. The summed E-state index contributed by atoms with van der Waals surface area (Å²) in [5.74, 6) is -1.28. The molecule has 1 aromatic heterocycles. The first kappa shape index (κ1) is 11.6. The maximum atomic E-state index is 13.4. The molecule has 19 heavy (non-hydrogen) atoms. The predicted octanol–water partition coefficient (Wildman–Crippen LogP) is 4.20. The average Bonchev–Trinajstić information content (AvgIpc) is 2.86. The number of rotatable bonds is 2. The summed E-state index contributed by atoms with van der Waals surface area (Å²) >= 11 is 0. The minimum Gasteiger partial charge on any atom is -0.361 e. The molecule has 0 aliphatic carbocycles. The van der Waals surface area contributed by atoms with E-state index in [-0.39, 0.29) is 5.69 Å². The lowest BCUT2D eigenvalue weighted by molar-refractivity contribution is 0.585. The Morgan fingerprint density at radius 1 is 1.05 bits per heavy atom. The van der Waals surface area contributed by atoms with Gasteiger partial charge < -0.3 is 4.98 Å². The van der Waals surface area contributed by atoms with Crippen LogP contribution < -0.4 is 0 Å². The first-order valence-corrected chi connectivity index (χ1v) is 5.79. The van der Waals surface area contributed by atoms with Crippen LogP contribution in [0.5, 0.6) is 0 Å². The van der Waals surface area contributed by atoms with Gasteiger partial charge >= 0.3 is 0 Å². The molecule has 0 amide bonds. The summed E-state index contributed by atoms with van der Waals surface area (Å²) < 4.78 is 26.2. The molecule has 1 heterocycles. The molecule has 0 saturated carbocycles. The number of hydrogen-bond acceptors (Lipinski definition) is 1. The Balaban J connectivity index is 2.00. The number of halogens is 2. The average molecular weight is 256 g/mol. The van der Waals surface area contributed by atoms with Gasteiger partial charge in [0.1, 0.15) is 5.82 Å². The van der Waals surface area contributed by atoms with Crippen LogP contribution in [0.2, 0.25) is 0 Å². The van der Waals surface area contributed by atoms with Crippen molar-refractivity contribution in [1.29, 1.82) is 0 Å². The van der Waals surface area contributed by atoms with Crippen molar-refractivity contribution in [3.63, 3.8) is 0 Å². The molecule has 2 nitrogen and oxygen atoms in total. The quantitative estimate of drug-likeness (QED) is 0.666. The second-order valence-corrected chi connectivity index (χ2v) is 4.14. The molecule has 0 atom stereocenters. The molecule has 3 rings (SSSR count). The maximum absolute atomic E-state index is 13.4. The second-order valence-electron chi connectivity index (χ2n) is 4.14. The van der Waals surface area contributed by atoms with Gasteiger partial charge in [0.05, 0.1) is 11.2 Å². The van der Waals surface area contributed by atoms with E-state index in [0.29, 0.717) is 0 Å². The number of aliphatic imine (C=N–C) groups is 1. The topological polar surface area (TPSA) is 28.1 Å². The van der Waals surface area contributed by atoms with E-state index in [1.54, 1.807) is 6.21 Å². The summed E-state index contributed by atoms with van der Waals surface area (Å²) in [5, 5.41) is 1.06. The minimum atomic E-state index is -0.671. The summed E-state index contributed by atoms with van der Waals surface area (Å²) in [6, 6.07) is 11.0. The molecule has 4 heteroatoms. The van der Waals surface area contributed by atoms with Gasteiger partial charge in [0.25, 0.3) is 0 Å². The number of hydrogen-bond donors (Lipinski definition) is 1. The number of H-pyrrole nitrogens is 1. The van der Waals surface area contributed by atoms with E-state index in [9.17, 15) is 8.78 Å². The fourth-order valence-electron chi connectivity index (χ4n) is 1.94. The minimum absolute atomic E-state index is 0.116. The van der Waals surface area contributed by atoms with E-state index in [2.05, 4.69) is 9.98 Å². The summed E-state index contributed by atoms with van der Waals surface area (Å²) in [7, 11) is 0. The SMILES string of the molecule is Fc1ccc(N=Cc2cccc3cc[nH]c23)c(F)c1. The van der Waals surface area contributed by atoms with Crippen LogP contribution in [0.3, 0.4) is 0 Å². The Bertz CT molecular complexity index is 760. The van der Waals surface area contributed by atoms with Gasteiger partial charge in [-0.15, -0.1) is 0 Å². The van der Waals surface area contributed by atoms with Gasteiger partial charge in [0.2, 0.25) is 0 Å². The van der Waals surface area contributed by atoms with E-state index >= 15 is 0 Å². The number of aromatic amines is 1. The van der Waals surface area contributed by atoms with Crippen LogP contribution in [0.15, 0.2) is 53.7 Å². The number of fused-ring (bicyclic) bond motifs is 1. The zero-order chi connectivity index (χ0) is 13.2. The van der Waals surface area contributed by atoms with Crippen LogP contribution in [-0.4, -0.2) is 11.2 Å². The summed E-state index contributed by atoms with van der Waals surface area (Å²) in [6.45, 7) is 0. The van der Waals surface area contributed by atoms with E-state index < -0.39 is 11.6 Å². The van der Waals surface area contributed by atoms with Crippen molar-refractivity contribution in [2.24, 2.45) is 4.99 Å². The third-order valence-corrected chi connectivity index (χ3v) is 2.87. The normalized spacial score (nSPS) is 11.5. The Labute approximate surface area is 108 Å². The largest absolute Gasteiger partial charge is 0.361 e. The van der Waals surface area contributed by atoms with Gasteiger partial charge in [0.15, 0.2) is 5.82 Å². The molecule has 1 N–H and O–H groups in total. The Hall–Kier alpha value is -2.49. The van der Waals surface area contributed by atoms with Gasteiger partial charge in [-0.3, -0.25) is 4.99 Å². The van der Waals surface area contributed by atoms with Gasteiger partial charge in [-0.05, 0) is 18.2 Å². The summed E-state index contributed by atoms with van der Waals surface area (Å²) in [5.41, 5.74) is 1.91. The highest BCUT2D eigenvalue weighted by Crippen LogP contribution is 2.20. The number of para-hydroxylation sites is 1. The number of nitrogens with one attached hydrogen (secondary N) is 1. The Kier molecular flexibility index (Phi) is 2.83. The van der Waals surface area contributed by atoms with E-state index in [4.69, 9.17) is 0 Å². The number of benzene rings is 2. The van der Waals surface area contributed by atoms with Crippen molar-refractivity contribution in [3.8, 4) is 0 Å². The summed E-state index contributed by atoms with van der Waals surface area (Å²) in [6.07, 6.45) is 3.40. The van der Waals surface area contributed by atoms with Crippen molar-refractivity contribution in [2.75, 3.05) is 0 Å². The monoisotopic (exact) mass is 256 g/mol. The van der Waals surface area contributed by atoms with Crippen molar-refractivity contribution >= 4 is 22.8 Å². The third kappa shape index (κ3) is 2.25. The lowest BCUT2D eigenvalue weighted by Crippen LogP contribution is -1.84. The van der Waals surface area contributed by atoms with Crippen LogP contribution in [0, 0.1) is 11.6 Å². The maximum Gasteiger partial charge on any atom is 0.151 e. The number of nitrogens with zero attached hydrogens (tertiary/aromatic N) is 1. The summed E-state index contributed by atoms with van der Waals surface area (Å²) in [4.78, 5) is 7.16. The molecule has 3 aromatic rings. The van der Waals surface area contributed by atoms with E-state index in [0.717, 1.165) is 22.5 Å². The first-order valence-electron chi connectivity index (χ1n) is 5.79. The van der Waals surface area contributed by atoms with E-state index in [1.165, 1.54) is 12.1 Å². The molecule has 0 spiro atoms. The molecule has 0 bridgehead atoms. The molecule has 2 aromatic carbocycles. The fraction of sp³-hybridized carbons (Fsp3) is 0. The van der Waals surface area contributed by atoms with Gasteiger partial charge in [-0.25, -0.2) is 8.78 Å². The molecule has 0 saturated heterocycles. The standard InChI is InChI=1S/C15H10F2N2/c16-12-4-5-14(13(17)8-12)19-9-11-3-1-2-10-6-7-18-15(10)11/h1-9,18H. The van der Waals surface area contributed by atoms with Crippen molar-refractivity contribution in [3.05, 3.63) is 65.9 Å². The molecule has 0 fully saturated rings. The van der Waals surface area contributed by atoms with Crippen molar-refractivity contribution in [2.45, 2.75) is 0 Å². The Morgan fingerprint density at radius 3 is 2.79 bits per heavy atom. The molecule has 0 aliphatic heterocycles. The highest BCUT2D eigenvalue weighted by molar-refractivity contribution is 5.98. The lowest BCUT2D eigenvalue weighted by Gasteiger charge is -1.98. The second kappa shape index (κ2) is 4.65. The molecule has 0 radical (unpaired) electrons. The van der Waals surface area contributed by atoms with Crippen molar-refractivity contribution in [1.82, 2.24) is 4.98 Å². The van der Waals surface area contributed by atoms with Crippen LogP contribution >= 0.6 is 0 Å². The molecule has 0 aliphatic rings. The van der Waals surface area contributed by atoms with Gasteiger partial charge in [0, 0.05) is 29.4 Å². The van der Waals surface area contributed by atoms with Gasteiger partial charge in [-0.1, -0.05) is 18.2 Å². The molecular weight excluding hydrogens is 246 g/mol. The van der Waals surface area contributed by atoms with E-state index in [1.807, 2.05) is 30.5 Å². The zero-order valence-electron chi connectivity index (χ0n) is 9.90. The molecule has 94 valence electrons. The van der Waals surface area contributed by atoms with Crippen LogP contribution in [0.1, 0.15) is 5.56 Å². The molecule has 0 unspecified atom stereocenters. The van der Waals surface area contributed by atoms with Crippen LogP contribution in [-0.2, 0) is 0 Å². The third-order valence-electron chi connectivity index (χ3n) is 2.87. The van der Waals surface area contributed by atoms with Crippen LogP contribution in [0.25, 0.3) is 10.9 Å². The first-order chi connectivity index (χ1) is 9.24. The van der Waals surface area contributed by atoms with Crippen molar-refractivity contribution < 1.29 is 8.78 Å². The predicted molar refractivity (Wildman–Crippen MR) is 71.9 cm³/mol. The van der Waals surface area contributed by atoms with Crippen LogP contribution in [0.4, 0.5) is 14.5 Å². The smallest absolute Gasteiger partial charge is 0.151 e. The van der Waals surface area contributed by atoms with Gasteiger partial charge in [-0.2, -0.15) is 0 Å². The fourth-order valence-corrected chi connectivity index (χ4v) is 1.94. The Morgan fingerprint density at radius 2 is 1.95 bits per heavy atom.